The molecule has 1 aliphatic carbocycles. The zero-order chi connectivity index (χ0) is 21.8. The molecule has 1 aliphatic heterocycles. The van der Waals surface area contributed by atoms with E-state index < -0.39 is 20.3 Å². The highest BCUT2D eigenvalue weighted by molar-refractivity contribution is 6.59. The van der Waals surface area contributed by atoms with Crippen molar-refractivity contribution in [2.45, 2.75) is 62.3 Å². The fraction of sp³-hybridized carbons (Fsp3) is 0.370. The Kier molecular flexibility index (Phi) is 6.53. The molecule has 2 aromatic rings. The number of nitriles is 1. The molecule has 1 heterocycles. The Labute approximate surface area is 185 Å². The number of hydrogen-bond donors (Lipinski definition) is 0. The Hall–Kier alpha value is -2.51. The lowest BCUT2D eigenvalue weighted by Crippen LogP contribution is -2.23. The van der Waals surface area contributed by atoms with Crippen LogP contribution in [0.15, 0.2) is 60.7 Å². The number of halogens is 2. The van der Waals surface area contributed by atoms with Crippen LogP contribution in [-0.4, -0.2) is 8.80 Å². The second-order valence-corrected chi connectivity index (χ2v) is 12.4. The van der Waals surface area contributed by atoms with Crippen molar-refractivity contribution in [2.24, 2.45) is 0 Å². The Morgan fingerprint density at radius 3 is 2.52 bits per heavy atom. The number of nitrogens with zero attached hydrogens (tertiary/aromatic N) is 1. The summed E-state index contributed by atoms with van der Waals surface area (Å²) in [5.41, 5.74) is 1.11. The average molecular weight is 434 g/mol. The molecule has 31 heavy (non-hydrogen) atoms. The molecular weight excluding hydrogens is 404 g/mol. The van der Waals surface area contributed by atoms with Crippen LogP contribution >= 0.6 is 0 Å². The summed E-state index contributed by atoms with van der Waals surface area (Å²) in [6, 6.07) is 18.6. The minimum absolute atomic E-state index is 0.0645. The molecule has 2 aromatic carbocycles. The van der Waals surface area contributed by atoms with Gasteiger partial charge in [-0.3, -0.25) is 0 Å². The molecule has 0 aromatic heterocycles. The molecule has 1 unspecified atom stereocenters. The van der Waals surface area contributed by atoms with E-state index in [1.165, 1.54) is 61.2 Å². The largest absolute Gasteiger partial charge is 0.233 e. The number of rotatable bonds is 5. The van der Waals surface area contributed by atoms with Crippen LogP contribution in [0.25, 0.3) is 5.57 Å². The summed E-state index contributed by atoms with van der Waals surface area (Å²) in [4.78, 5) is 0. The fourth-order valence-corrected chi connectivity index (χ4v) is 8.64. The van der Waals surface area contributed by atoms with E-state index in [1.807, 2.05) is 18.2 Å². The Morgan fingerprint density at radius 2 is 1.87 bits per heavy atom. The van der Waals surface area contributed by atoms with Crippen molar-refractivity contribution in [3.8, 4) is 6.07 Å². The average Bonchev–Trinajstić information content (AvgIpc) is 2.80. The molecule has 0 spiro atoms. The van der Waals surface area contributed by atoms with Crippen molar-refractivity contribution >= 4 is 14.4 Å². The van der Waals surface area contributed by atoms with Crippen LogP contribution < -0.4 is 0 Å². The Bertz CT molecular complexity index is 1030. The van der Waals surface area contributed by atoms with E-state index in [0.717, 1.165) is 5.56 Å². The first-order chi connectivity index (χ1) is 15.0. The zero-order valence-electron chi connectivity index (χ0n) is 18.1. The van der Waals surface area contributed by atoms with E-state index in [2.05, 4.69) is 19.1 Å². The van der Waals surface area contributed by atoms with E-state index in [9.17, 15) is 4.39 Å². The van der Waals surface area contributed by atoms with Gasteiger partial charge in [0.1, 0.15) is 11.9 Å². The molecule has 1 fully saturated rings. The molecule has 0 radical (unpaired) electrons. The van der Waals surface area contributed by atoms with Crippen molar-refractivity contribution in [1.82, 2.24) is 0 Å². The highest BCUT2D eigenvalue weighted by Gasteiger charge is 2.38. The SMILES string of the molecule is CCC[SiH]1CCC(c2ccc(C3=CC=CCC3(F)c3ccc(C#N)c(F)c3)cc2)CC1. The van der Waals surface area contributed by atoms with E-state index in [1.54, 1.807) is 18.2 Å². The molecule has 4 rings (SSSR count). The van der Waals surface area contributed by atoms with Gasteiger partial charge in [-0.05, 0) is 47.6 Å². The minimum Gasteiger partial charge on any atom is -0.233 e. The van der Waals surface area contributed by atoms with E-state index in [4.69, 9.17) is 5.26 Å². The van der Waals surface area contributed by atoms with Crippen LogP contribution in [-0.2, 0) is 5.67 Å². The molecule has 1 saturated heterocycles. The van der Waals surface area contributed by atoms with Crippen LogP contribution in [0, 0.1) is 17.1 Å². The maximum atomic E-state index is 16.3. The lowest BCUT2D eigenvalue weighted by molar-refractivity contribution is 0.249. The number of hydrogen-bond acceptors (Lipinski definition) is 1. The second-order valence-electron chi connectivity index (χ2n) is 8.95. The van der Waals surface area contributed by atoms with E-state index in [0.29, 0.717) is 11.5 Å². The standard InChI is InChI=1S/C27H29F2NSi/c1-2-15-31-16-12-21(13-17-31)20-6-8-22(9-7-20)25-5-3-4-14-27(25,29)24-11-10-23(19-30)26(28)18-24/h3-11,18,21,31H,2,12-17H2,1H3. The molecule has 0 N–H and O–H groups in total. The van der Waals surface area contributed by atoms with E-state index in [-0.39, 0.29) is 17.5 Å². The number of allylic oxidation sites excluding steroid dienone is 4. The van der Waals surface area contributed by atoms with Crippen molar-refractivity contribution in [3.63, 3.8) is 0 Å². The lowest BCUT2D eigenvalue weighted by atomic mass is 9.78. The third kappa shape index (κ3) is 4.43. The van der Waals surface area contributed by atoms with Crippen molar-refractivity contribution in [2.75, 3.05) is 0 Å². The van der Waals surface area contributed by atoms with Crippen LogP contribution in [0.4, 0.5) is 8.78 Å². The van der Waals surface area contributed by atoms with Crippen molar-refractivity contribution in [1.29, 1.82) is 5.26 Å². The second kappa shape index (κ2) is 9.32. The predicted octanol–water partition coefficient (Wildman–Crippen LogP) is 7.42. The highest BCUT2D eigenvalue weighted by atomic mass is 28.3. The van der Waals surface area contributed by atoms with Gasteiger partial charge < -0.3 is 0 Å². The summed E-state index contributed by atoms with van der Waals surface area (Å²) in [5.74, 6) is -0.0545. The van der Waals surface area contributed by atoms with Crippen LogP contribution in [0.5, 0.6) is 0 Å². The summed E-state index contributed by atoms with van der Waals surface area (Å²) in [6.45, 7) is 2.30. The molecule has 0 bridgehead atoms. The van der Waals surface area contributed by atoms with Crippen LogP contribution in [0.3, 0.4) is 0 Å². The molecule has 4 heteroatoms. The zero-order valence-corrected chi connectivity index (χ0v) is 19.2. The smallest absolute Gasteiger partial charge is 0.165 e. The summed E-state index contributed by atoms with van der Waals surface area (Å²) in [7, 11) is -0.501. The molecule has 160 valence electrons. The number of alkyl halides is 1. The maximum absolute atomic E-state index is 16.3. The topological polar surface area (TPSA) is 23.8 Å². The van der Waals surface area contributed by atoms with Gasteiger partial charge >= 0.3 is 0 Å². The van der Waals surface area contributed by atoms with Gasteiger partial charge in [-0.15, -0.1) is 0 Å². The normalized spacial score (nSPS) is 25.7. The Balaban J connectivity index is 1.56. The summed E-state index contributed by atoms with van der Waals surface area (Å²) in [5, 5.41) is 8.98. The molecule has 0 amide bonds. The molecule has 1 nitrogen and oxygen atoms in total. The van der Waals surface area contributed by atoms with Gasteiger partial charge in [0, 0.05) is 20.8 Å². The van der Waals surface area contributed by atoms with Gasteiger partial charge in [0.25, 0.3) is 0 Å². The van der Waals surface area contributed by atoms with Gasteiger partial charge in [0.2, 0.25) is 0 Å². The van der Waals surface area contributed by atoms with Crippen LogP contribution in [0.2, 0.25) is 18.1 Å². The molecule has 1 atom stereocenters. The third-order valence-electron chi connectivity index (χ3n) is 7.01. The van der Waals surface area contributed by atoms with Gasteiger partial charge in [-0.25, -0.2) is 8.78 Å². The van der Waals surface area contributed by atoms with Gasteiger partial charge in [0.05, 0.1) is 5.56 Å². The quantitative estimate of drug-likeness (QED) is 0.450. The lowest BCUT2D eigenvalue weighted by Gasteiger charge is -2.31. The van der Waals surface area contributed by atoms with E-state index >= 15 is 4.39 Å². The fourth-order valence-electron chi connectivity index (χ4n) is 5.21. The maximum Gasteiger partial charge on any atom is 0.165 e. The van der Waals surface area contributed by atoms with Crippen LogP contribution in [0.1, 0.15) is 60.8 Å². The first-order valence-electron chi connectivity index (χ1n) is 11.4. The number of benzene rings is 2. The summed E-state index contributed by atoms with van der Waals surface area (Å²) in [6.07, 6.45) is 9.48. The minimum atomic E-state index is -1.81. The third-order valence-corrected chi connectivity index (χ3v) is 10.7. The van der Waals surface area contributed by atoms with Crippen molar-refractivity contribution in [3.05, 3.63) is 88.8 Å². The molecule has 2 aliphatic rings. The van der Waals surface area contributed by atoms with Gasteiger partial charge in [-0.1, -0.05) is 80.0 Å². The van der Waals surface area contributed by atoms with Crippen molar-refractivity contribution < 1.29 is 8.78 Å². The first kappa shape index (κ1) is 21.7. The first-order valence-corrected chi connectivity index (χ1v) is 13.9. The van der Waals surface area contributed by atoms with Gasteiger partial charge in [-0.2, -0.15) is 5.26 Å². The molecular formula is C27H29F2NSi. The van der Waals surface area contributed by atoms with Gasteiger partial charge in [0.15, 0.2) is 5.67 Å². The molecule has 0 saturated carbocycles. The highest BCUT2D eigenvalue weighted by Crippen LogP contribution is 2.46. The monoisotopic (exact) mass is 433 g/mol. The summed E-state index contributed by atoms with van der Waals surface area (Å²) >= 11 is 0. The Morgan fingerprint density at radius 1 is 1.13 bits per heavy atom. The predicted molar refractivity (Wildman–Crippen MR) is 126 cm³/mol. The summed E-state index contributed by atoms with van der Waals surface area (Å²) < 4.78 is 30.5.